The molecule has 0 bridgehead atoms. The van der Waals surface area contributed by atoms with Crippen molar-refractivity contribution in [3.63, 3.8) is 0 Å². The molecule has 166 valence electrons. The van der Waals surface area contributed by atoms with Crippen molar-refractivity contribution in [2.24, 2.45) is 0 Å². The number of fused-ring (bicyclic) bond motifs is 1. The first kappa shape index (κ1) is 20.8. The van der Waals surface area contributed by atoms with Gasteiger partial charge < -0.3 is 15.1 Å². The zero-order valence-electron chi connectivity index (χ0n) is 18.2. The highest BCUT2D eigenvalue weighted by Crippen LogP contribution is 2.20. The molecule has 0 unspecified atom stereocenters. The maximum atomic E-state index is 12.9. The second-order valence-corrected chi connectivity index (χ2v) is 8.12. The zero-order valence-corrected chi connectivity index (χ0v) is 18.2. The summed E-state index contributed by atoms with van der Waals surface area (Å²) < 4.78 is 0. The van der Waals surface area contributed by atoms with Gasteiger partial charge in [-0.3, -0.25) is 14.7 Å². The van der Waals surface area contributed by atoms with Gasteiger partial charge in [-0.05, 0) is 42.0 Å². The Labute approximate surface area is 192 Å². The molecular formula is C26H25N5O2. The summed E-state index contributed by atoms with van der Waals surface area (Å²) in [4.78, 5) is 29.2. The Bertz CT molecular complexity index is 1260. The van der Waals surface area contributed by atoms with Gasteiger partial charge in [0.15, 0.2) is 5.82 Å². The first-order chi connectivity index (χ1) is 16.2. The number of nitrogens with zero attached hydrogens (tertiary/aromatic N) is 3. The molecule has 2 amide bonds. The number of aromatic amines is 1. The molecule has 2 heterocycles. The molecule has 1 fully saturated rings. The fourth-order valence-corrected chi connectivity index (χ4v) is 4.11. The van der Waals surface area contributed by atoms with E-state index in [1.165, 1.54) is 0 Å². The van der Waals surface area contributed by atoms with Crippen LogP contribution in [0.1, 0.15) is 26.3 Å². The van der Waals surface area contributed by atoms with E-state index in [-0.39, 0.29) is 11.8 Å². The first-order valence-electron chi connectivity index (χ1n) is 11.1. The molecule has 1 aromatic heterocycles. The molecule has 5 rings (SSSR count). The number of amides is 2. The van der Waals surface area contributed by atoms with Gasteiger partial charge in [0.05, 0.1) is 5.52 Å². The number of anilines is 1. The van der Waals surface area contributed by atoms with Crippen LogP contribution in [0.5, 0.6) is 0 Å². The maximum Gasteiger partial charge on any atom is 0.253 e. The number of carbonyl (C=O) groups excluding carboxylic acids is 2. The van der Waals surface area contributed by atoms with Gasteiger partial charge in [0.2, 0.25) is 0 Å². The summed E-state index contributed by atoms with van der Waals surface area (Å²) in [5.41, 5.74) is 3.40. The molecule has 2 N–H and O–H groups in total. The quantitative estimate of drug-likeness (QED) is 0.496. The van der Waals surface area contributed by atoms with Crippen LogP contribution in [0, 0.1) is 0 Å². The summed E-state index contributed by atoms with van der Waals surface area (Å²) in [5.74, 6) is 0.831. The minimum Gasteiger partial charge on any atom is -0.364 e. The third-order valence-electron chi connectivity index (χ3n) is 6.01. The van der Waals surface area contributed by atoms with E-state index in [9.17, 15) is 9.59 Å². The van der Waals surface area contributed by atoms with Crippen molar-refractivity contribution in [1.29, 1.82) is 0 Å². The Morgan fingerprint density at radius 2 is 1.33 bits per heavy atom. The van der Waals surface area contributed by atoms with Gasteiger partial charge in [-0.25, -0.2) is 0 Å². The summed E-state index contributed by atoms with van der Waals surface area (Å²) in [6, 6.07) is 24.9. The van der Waals surface area contributed by atoms with Crippen molar-refractivity contribution < 1.29 is 9.59 Å². The van der Waals surface area contributed by atoms with Crippen LogP contribution >= 0.6 is 0 Å². The molecule has 33 heavy (non-hydrogen) atoms. The predicted octanol–water partition coefficient (Wildman–Crippen LogP) is 3.77. The van der Waals surface area contributed by atoms with Gasteiger partial charge in [0, 0.05) is 49.2 Å². The molecule has 1 aliphatic rings. The standard InChI is InChI=1S/C26H25N5O2/c32-25(20-6-2-1-3-7-20)30-14-16-31(17-15-30)26(33)21-12-10-19(11-13-21)18-27-24-22-8-4-5-9-23(22)28-29-24/h1-13H,14-18H2,(H2,27,28,29). The number of para-hydroxylation sites is 1. The monoisotopic (exact) mass is 439 g/mol. The predicted molar refractivity (Wildman–Crippen MR) is 128 cm³/mol. The molecule has 4 aromatic rings. The third kappa shape index (κ3) is 4.43. The largest absolute Gasteiger partial charge is 0.364 e. The molecule has 0 atom stereocenters. The lowest BCUT2D eigenvalue weighted by molar-refractivity contribution is 0.0535. The number of aromatic nitrogens is 2. The number of rotatable bonds is 5. The summed E-state index contributed by atoms with van der Waals surface area (Å²) in [6.45, 7) is 2.77. The van der Waals surface area contributed by atoms with Crippen LogP contribution in [-0.2, 0) is 6.54 Å². The number of hydrogen-bond acceptors (Lipinski definition) is 4. The van der Waals surface area contributed by atoms with Gasteiger partial charge in [0.25, 0.3) is 11.8 Å². The number of nitrogens with one attached hydrogen (secondary N) is 2. The van der Waals surface area contributed by atoms with Crippen molar-refractivity contribution in [2.45, 2.75) is 6.54 Å². The second kappa shape index (κ2) is 9.16. The van der Waals surface area contributed by atoms with E-state index in [2.05, 4.69) is 15.5 Å². The summed E-state index contributed by atoms with van der Waals surface area (Å²) in [7, 11) is 0. The topological polar surface area (TPSA) is 81.3 Å². The summed E-state index contributed by atoms with van der Waals surface area (Å²) in [5, 5.41) is 11.7. The lowest BCUT2D eigenvalue weighted by atomic mass is 10.1. The number of H-pyrrole nitrogens is 1. The molecule has 7 heteroatoms. The van der Waals surface area contributed by atoms with E-state index < -0.39 is 0 Å². The van der Waals surface area contributed by atoms with Gasteiger partial charge in [-0.1, -0.05) is 42.5 Å². The first-order valence-corrected chi connectivity index (χ1v) is 11.1. The molecule has 0 saturated carbocycles. The zero-order chi connectivity index (χ0) is 22.6. The van der Waals surface area contributed by atoms with Crippen molar-refractivity contribution in [3.05, 3.63) is 95.6 Å². The van der Waals surface area contributed by atoms with Crippen molar-refractivity contribution >= 4 is 28.5 Å². The van der Waals surface area contributed by atoms with Crippen LogP contribution in [0.15, 0.2) is 78.9 Å². The van der Waals surface area contributed by atoms with Gasteiger partial charge in [-0.15, -0.1) is 0 Å². The minimum atomic E-state index is -0.000357. The SMILES string of the molecule is O=C(c1ccccc1)N1CCN(C(=O)c2ccc(CNc3n[nH]c4ccccc34)cc2)CC1. The average molecular weight is 440 g/mol. The highest BCUT2D eigenvalue weighted by molar-refractivity contribution is 5.96. The average Bonchev–Trinajstić information content (AvgIpc) is 3.31. The minimum absolute atomic E-state index is 0.000357. The Hall–Kier alpha value is -4.13. The van der Waals surface area contributed by atoms with Crippen LogP contribution < -0.4 is 5.32 Å². The second-order valence-electron chi connectivity index (χ2n) is 8.12. The van der Waals surface area contributed by atoms with Crippen LogP contribution in [0.2, 0.25) is 0 Å². The smallest absolute Gasteiger partial charge is 0.253 e. The fourth-order valence-electron chi connectivity index (χ4n) is 4.11. The van der Waals surface area contributed by atoms with Crippen LogP contribution in [-0.4, -0.2) is 58.0 Å². The number of piperazine rings is 1. The van der Waals surface area contributed by atoms with Crippen LogP contribution in [0.3, 0.4) is 0 Å². The van der Waals surface area contributed by atoms with E-state index in [1.54, 1.807) is 0 Å². The van der Waals surface area contributed by atoms with Crippen molar-refractivity contribution in [3.8, 4) is 0 Å². The Balaban J connectivity index is 1.16. The molecule has 1 aliphatic heterocycles. The number of benzene rings is 3. The summed E-state index contributed by atoms with van der Waals surface area (Å²) in [6.07, 6.45) is 0. The van der Waals surface area contributed by atoms with Crippen LogP contribution in [0.25, 0.3) is 10.9 Å². The molecule has 0 spiro atoms. The van der Waals surface area contributed by atoms with Crippen molar-refractivity contribution in [2.75, 3.05) is 31.5 Å². The molecule has 3 aromatic carbocycles. The highest BCUT2D eigenvalue weighted by atomic mass is 16.2. The van der Waals surface area contributed by atoms with Gasteiger partial charge in [0.1, 0.15) is 0 Å². The van der Waals surface area contributed by atoms with E-state index in [0.29, 0.717) is 43.9 Å². The fraction of sp³-hybridized carbons (Fsp3) is 0.192. The molecule has 0 aliphatic carbocycles. The van der Waals surface area contributed by atoms with E-state index in [0.717, 1.165) is 22.3 Å². The Kier molecular flexibility index (Phi) is 5.76. The number of hydrogen-bond donors (Lipinski definition) is 2. The van der Waals surface area contributed by atoms with E-state index in [4.69, 9.17) is 0 Å². The van der Waals surface area contributed by atoms with Gasteiger partial charge in [-0.2, -0.15) is 5.10 Å². The normalized spacial score (nSPS) is 13.8. The third-order valence-corrected chi connectivity index (χ3v) is 6.01. The van der Waals surface area contributed by atoms with Crippen LogP contribution in [0.4, 0.5) is 5.82 Å². The van der Waals surface area contributed by atoms with Gasteiger partial charge >= 0.3 is 0 Å². The van der Waals surface area contributed by atoms with E-state index >= 15 is 0 Å². The summed E-state index contributed by atoms with van der Waals surface area (Å²) >= 11 is 0. The Morgan fingerprint density at radius 1 is 0.758 bits per heavy atom. The molecular weight excluding hydrogens is 414 g/mol. The molecule has 1 saturated heterocycles. The maximum absolute atomic E-state index is 12.9. The number of carbonyl (C=O) groups is 2. The lowest BCUT2D eigenvalue weighted by Gasteiger charge is -2.35. The molecule has 0 radical (unpaired) electrons. The van der Waals surface area contributed by atoms with Crippen molar-refractivity contribution in [1.82, 2.24) is 20.0 Å². The van der Waals surface area contributed by atoms with E-state index in [1.807, 2.05) is 88.7 Å². The molecule has 7 nitrogen and oxygen atoms in total. The Morgan fingerprint density at radius 3 is 2.00 bits per heavy atom. The highest BCUT2D eigenvalue weighted by Gasteiger charge is 2.25. The lowest BCUT2D eigenvalue weighted by Crippen LogP contribution is -2.50.